The zero-order valence-electron chi connectivity index (χ0n) is 10.7. The number of morpholine rings is 1. The zero-order valence-corrected chi connectivity index (χ0v) is 10.7. The Morgan fingerprint density at radius 3 is 2.53 bits per heavy atom. The normalized spacial score (nSPS) is 18.2. The topological polar surface area (TPSA) is 49.8 Å². The molecule has 0 aliphatic carbocycles. The first kappa shape index (κ1) is 14.0. The van der Waals surface area contributed by atoms with Crippen molar-refractivity contribution in [3.63, 3.8) is 0 Å². The summed E-state index contributed by atoms with van der Waals surface area (Å²) in [5.74, 6) is -1.07. The van der Waals surface area contributed by atoms with Crippen LogP contribution < -0.4 is 0 Å². The first-order valence-corrected chi connectivity index (χ1v) is 6.46. The van der Waals surface area contributed by atoms with Crippen LogP contribution in [0.2, 0.25) is 0 Å². The highest BCUT2D eigenvalue weighted by Gasteiger charge is 2.26. The molecule has 1 fully saturated rings. The average Bonchev–Trinajstić information content (AvgIpc) is 2.42. The second-order valence-electron chi connectivity index (χ2n) is 4.67. The third-order valence-corrected chi connectivity index (χ3v) is 3.39. The molecular formula is C14H18FNO3. The van der Waals surface area contributed by atoms with E-state index in [1.807, 2.05) is 4.90 Å². The highest BCUT2D eigenvalue weighted by atomic mass is 19.1. The SMILES string of the molecule is O=C(O)C(CCc1ccc(F)cc1)N1CCOCC1. The zero-order chi connectivity index (χ0) is 13.7. The van der Waals surface area contributed by atoms with Crippen LogP contribution in [-0.2, 0) is 16.0 Å². The molecule has 1 unspecified atom stereocenters. The monoisotopic (exact) mass is 267 g/mol. The fourth-order valence-electron chi connectivity index (χ4n) is 2.31. The Kier molecular flexibility index (Phi) is 4.87. The number of hydrogen-bond acceptors (Lipinski definition) is 3. The number of aliphatic carboxylic acids is 1. The number of rotatable bonds is 5. The summed E-state index contributed by atoms with van der Waals surface area (Å²) in [6.45, 7) is 2.47. The minimum absolute atomic E-state index is 0.272. The Morgan fingerprint density at radius 2 is 1.95 bits per heavy atom. The lowest BCUT2D eigenvalue weighted by atomic mass is 10.0. The third-order valence-electron chi connectivity index (χ3n) is 3.39. The molecule has 1 saturated heterocycles. The van der Waals surface area contributed by atoms with Gasteiger partial charge in [-0.2, -0.15) is 0 Å². The number of benzene rings is 1. The second-order valence-corrected chi connectivity index (χ2v) is 4.67. The van der Waals surface area contributed by atoms with Gasteiger partial charge in [0, 0.05) is 13.1 Å². The summed E-state index contributed by atoms with van der Waals surface area (Å²) < 4.78 is 18.0. The summed E-state index contributed by atoms with van der Waals surface area (Å²) in [4.78, 5) is 13.3. The molecule has 0 saturated carbocycles. The molecule has 4 nitrogen and oxygen atoms in total. The molecule has 19 heavy (non-hydrogen) atoms. The van der Waals surface area contributed by atoms with Crippen LogP contribution in [0.5, 0.6) is 0 Å². The van der Waals surface area contributed by atoms with Crippen LogP contribution in [-0.4, -0.2) is 48.3 Å². The lowest BCUT2D eigenvalue weighted by Gasteiger charge is -2.31. The molecule has 104 valence electrons. The van der Waals surface area contributed by atoms with Gasteiger partial charge in [-0.15, -0.1) is 0 Å². The van der Waals surface area contributed by atoms with Crippen molar-refractivity contribution in [2.75, 3.05) is 26.3 Å². The van der Waals surface area contributed by atoms with Gasteiger partial charge in [0.1, 0.15) is 11.9 Å². The molecule has 2 rings (SSSR count). The van der Waals surface area contributed by atoms with Crippen molar-refractivity contribution in [3.05, 3.63) is 35.6 Å². The van der Waals surface area contributed by atoms with Gasteiger partial charge in [-0.1, -0.05) is 12.1 Å². The average molecular weight is 267 g/mol. The first-order valence-electron chi connectivity index (χ1n) is 6.46. The summed E-state index contributed by atoms with van der Waals surface area (Å²) in [5, 5.41) is 9.31. The number of halogens is 1. The highest BCUT2D eigenvalue weighted by molar-refractivity contribution is 5.73. The molecule has 1 atom stereocenters. The van der Waals surface area contributed by atoms with Crippen molar-refractivity contribution in [2.24, 2.45) is 0 Å². The summed E-state index contributed by atoms with van der Waals surface area (Å²) in [6, 6.07) is 5.72. The van der Waals surface area contributed by atoms with Crippen molar-refractivity contribution >= 4 is 5.97 Å². The predicted octanol–water partition coefficient (Wildman–Crippen LogP) is 1.54. The van der Waals surface area contributed by atoms with E-state index >= 15 is 0 Å². The number of carbonyl (C=O) groups is 1. The van der Waals surface area contributed by atoms with E-state index in [-0.39, 0.29) is 5.82 Å². The maximum atomic E-state index is 12.8. The summed E-state index contributed by atoms with van der Waals surface area (Å²) >= 11 is 0. The maximum absolute atomic E-state index is 12.8. The van der Waals surface area contributed by atoms with Gasteiger partial charge >= 0.3 is 5.97 Å². The molecule has 1 aromatic rings. The summed E-state index contributed by atoms with van der Waals surface area (Å²) in [7, 11) is 0. The Hall–Kier alpha value is -1.46. The Labute approximate surface area is 111 Å². The molecule has 0 radical (unpaired) electrons. The fourth-order valence-corrected chi connectivity index (χ4v) is 2.31. The van der Waals surface area contributed by atoms with E-state index in [1.54, 1.807) is 12.1 Å². The van der Waals surface area contributed by atoms with Crippen LogP contribution in [0.3, 0.4) is 0 Å². The van der Waals surface area contributed by atoms with Gasteiger partial charge in [-0.3, -0.25) is 9.69 Å². The quantitative estimate of drug-likeness (QED) is 0.879. The maximum Gasteiger partial charge on any atom is 0.320 e. The van der Waals surface area contributed by atoms with Crippen LogP contribution in [0.25, 0.3) is 0 Å². The number of hydrogen-bond donors (Lipinski definition) is 1. The van der Waals surface area contributed by atoms with Crippen molar-refractivity contribution in [1.82, 2.24) is 4.90 Å². The molecule has 1 aromatic carbocycles. The van der Waals surface area contributed by atoms with Crippen LogP contribution >= 0.6 is 0 Å². The first-order chi connectivity index (χ1) is 9.16. The highest BCUT2D eigenvalue weighted by Crippen LogP contribution is 2.13. The fraction of sp³-hybridized carbons (Fsp3) is 0.500. The molecule has 1 aliphatic rings. The Bertz CT molecular complexity index is 415. The smallest absolute Gasteiger partial charge is 0.320 e. The lowest BCUT2D eigenvalue weighted by molar-refractivity contribution is -0.145. The van der Waals surface area contributed by atoms with Crippen LogP contribution in [0.1, 0.15) is 12.0 Å². The van der Waals surface area contributed by atoms with E-state index in [2.05, 4.69) is 0 Å². The van der Waals surface area contributed by atoms with E-state index in [0.29, 0.717) is 39.1 Å². The number of carboxylic acids is 1. The molecule has 0 aromatic heterocycles. The Balaban J connectivity index is 1.93. The molecular weight excluding hydrogens is 249 g/mol. The van der Waals surface area contributed by atoms with Gasteiger partial charge in [-0.25, -0.2) is 4.39 Å². The summed E-state index contributed by atoms with van der Waals surface area (Å²) in [5.41, 5.74) is 0.959. The van der Waals surface area contributed by atoms with Crippen molar-refractivity contribution in [2.45, 2.75) is 18.9 Å². The van der Waals surface area contributed by atoms with E-state index in [1.165, 1.54) is 12.1 Å². The van der Waals surface area contributed by atoms with Gasteiger partial charge in [0.2, 0.25) is 0 Å². The molecule has 1 N–H and O–H groups in total. The van der Waals surface area contributed by atoms with E-state index in [0.717, 1.165) is 5.56 Å². The van der Waals surface area contributed by atoms with Gasteiger partial charge in [0.05, 0.1) is 13.2 Å². The van der Waals surface area contributed by atoms with Crippen molar-refractivity contribution < 1.29 is 19.0 Å². The number of carboxylic acid groups (broad SMARTS) is 1. The minimum Gasteiger partial charge on any atom is -0.480 e. The molecule has 0 amide bonds. The van der Waals surface area contributed by atoms with Gasteiger partial charge in [-0.05, 0) is 30.5 Å². The van der Waals surface area contributed by atoms with Gasteiger partial charge < -0.3 is 9.84 Å². The van der Waals surface area contributed by atoms with Crippen LogP contribution in [0.15, 0.2) is 24.3 Å². The van der Waals surface area contributed by atoms with E-state index in [9.17, 15) is 14.3 Å². The standard InChI is InChI=1S/C14H18FNO3/c15-12-4-1-11(2-5-12)3-6-13(14(17)18)16-7-9-19-10-8-16/h1-2,4-5,13H,3,6-10H2,(H,17,18). The summed E-state index contributed by atoms with van der Waals surface area (Å²) in [6.07, 6.45) is 1.16. The molecule has 1 heterocycles. The van der Waals surface area contributed by atoms with Crippen LogP contribution in [0.4, 0.5) is 4.39 Å². The van der Waals surface area contributed by atoms with Gasteiger partial charge in [0.25, 0.3) is 0 Å². The van der Waals surface area contributed by atoms with Crippen molar-refractivity contribution in [3.8, 4) is 0 Å². The predicted molar refractivity (Wildman–Crippen MR) is 68.5 cm³/mol. The lowest BCUT2D eigenvalue weighted by Crippen LogP contribution is -2.47. The molecule has 1 aliphatic heterocycles. The second kappa shape index (κ2) is 6.63. The molecule has 0 spiro atoms. The largest absolute Gasteiger partial charge is 0.480 e. The molecule has 0 bridgehead atoms. The van der Waals surface area contributed by atoms with Gasteiger partial charge in [0.15, 0.2) is 0 Å². The van der Waals surface area contributed by atoms with E-state index in [4.69, 9.17) is 4.74 Å². The van der Waals surface area contributed by atoms with E-state index < -0.39 is 12.0 Å². The minimum atomic E-state index is -0.802. The third kappa shape index (κ3) is 4.01. The Morgan fingerprint density at radius 1 is 1.32 bits per heavy atom. The number of aryl methyl sites for hydroxylation is 1. The van der Waals surface area contributed by atoms with Crippen LogP contribution in [0, 0.1) is 5.82 Å². The molecule has 5 heteroatoms. The number of ether oxygens (including phenoxy) is 1. The van der Waals surface area contributed by atoms with Crippen molar-refractivity contribution in [1.29, 1.82) is 0 Å². The number of nitrogens with zero attached hydrogens (tertiary/aromatic N) is 1.